The number of hydrogen-bond donors (Lipinski definition) is 2. The number of aromatic nitrogens is 3. The van der Waals surface area contributed by atoms with E-state index in [0.717, 1.165) is 49.9 Å². The summed E-state index contributed by atoms with van der Waals surface area (Å²) in [5.41, 5.74) is -0.104. The predicted octanol–water partition coefficient (Wildman–Crippen LogP) is 1.65. The van der Waals surface area contributed by atoms with Crippen LogP contribution in [0.2, 0.25) is 0 Å². The van der Waals surface area contributed by atoms with E-state index in [1.54, 1.807) is 0 Å². The van der Waals surface area contributed by atoms with E-state index in [2.05, 4.69) is 27.0 Å². The Hall–Kier alpha value is -0.940. The molecule has 2 N–H and O–H groups in total. The predicted molar refractivity (Wildman–Crippen MR) is 77.2 cm³/mol. The molecule has 0 radical (unpaired) electrons. The highest BCUT2D eigenvalue weighted by molar-refractivity contribution is 5.01. The summed E-state index contributed by atoms with van der Waals surface area (Å²) in [5.74, 6) is 2.95. The lowest BCUT2D eigenvalue weighted by Crippen LogP contribution is -2.50. The van der Waals surface area contributed by atoms with E-state index in [-0.39, 0.29) is 12.1 Å². The maximum atomic E-state index is 9.79. The van der Waals surface area contributed by atoms with Gasteiger partial charge in [0.25, 0.3) is 0 Å². The molecule has 5 heteroatoms. The van der Waals surface area contributed by atoms with Gasteiger partial charge in [-0.3, -0.25) is 0 Å². The number of aliphatic hydroxyl groups is 1. The molecule has 1 fully saturated rings. The highest BCUT2D eigenvalue weighted by Crippen LogP contribution is 2.31. The summed E-state index contributed by atoms with van der Waals surface area (Å²) in [6.45, 7) is 4.29. The Balaban J connectivity index is 1.64. The minimum Gasteiger partial charge on any atom is -0.394 e. The van der Waals surface area contributed by atoms with E-state index in [1.807, 2.05) is 0 Å². The molecule has 3 rings (SSSR count). The topological polar surface area (TPSA) is 63.0 Å². The molecule has 1 aromatic heterocycles. The van der Waals surface area contributed by atoms with Crippen LogP contribution in [-0.4, -0.2) is 32.0 Å². The van der Waals surface area contributed by atoms with Gasteiger partial charge in [0.05, 0.1) is 13.2 Å². The third-order valence-electron chi connectivity index (χ3n) is 5.09. The number of rotatable bonds is 4. The summed E-state index contributed by atoms with van der Waals surface area (Å²) in [7, 11) is 0. The molecule has 0 bridgehead atoms. The van der Waals surface area contributed by atoms with Gasteiger partial charge < -0.3 is 15.0 Å². The van der Waals surface area contributed by atoms with Crippen LogP contribution in [0.5, 0.6) is 0 Å². The molecule has 20 heavy (non-hydrogen) atoms. The first-order valence-electron chi connectivity index (χ1n) is 7.99. The third-order valence-corrected chi connectivity index (χ3v) is 5.09. The molecule has 0 aromatic carbocycles. The summed E-state index contributed by atoms with van der Waals surface area (Å²) >= 11 is 0. The zero-order chi connectivity index (χ0) is 14.0. The lowest BCUT2D eigenvalue weighted by atomic mass is 9.77. The van der Waals surface area contributed by atoms with Gasteiger partial charge >= 0.3 is 0 Å². The van der Waals surface area contributed by atoms with Gasteiger partial charge in [-0.05, 0) is 44.4 Å². The number of nitrogens with one attached hydrogen (secondary N) is 1. The van der Waals surface area contributed by atoms with Gasteiger partial charge in [-0.25, -0.2) is 0 Å². The minimum atomic E-state index is -0.104. The van der Waals surface area contributed by atoms with E-state index in [9.17, 15) is 5.11 Å². The second kappa shape index (κ2) is 5.82. The first kappa shape index (κ1) is 14.0. The molecule has 2 heterocycles. The van der Waals surface area contributed by atoms with Crippen molar-refractivity contribution in [1.29, 1.82) is 0 Å². The standard InChI is InChI=1S/C15H26N4O/c1-12-5-7-15(11-20,8-6-12)16-10-14-18-17-13-4-2-3-9-19(13)14/h12,16,20H,2-11H2,1H3. The molecule has 0 saturated heterocycles. The second-order valence-electron chi connectivity index (χ2n) is 6.62. The Morgan fingerprint density at radius 3 is 2.85 bits per heavy atom. The zero-order valence-electron chi connectivity index (χ0n) is 12.4. The Labute approximate surface area is 120 Å². The van der Waals surface area contributed by atoms with Crippen molar-refractivity contribution in [1.82, 2.24) is 20.1 Å². The summed E-state index contributed by atoms with van der Waals surface area (Å²) < 4.78 is 2.26. The Bertz CT molecular complexity index is 449. The fraction of sp³-hybridized carbons (Fsp3) is 0.867. The van der Waals surface area contributed by atoms with Gasteiger partial charge in [-0.15, -0.1) is 10.2 Å². The van der Waals surface area contributed by atoms with E-state index in [0.29, 0.717) is 0 Å². The van der Waals surface area contributed by atoms with Crippen LogP contribution in [-0.2, 0) is 19.5 Å². The molecule has 0 unspecified atom stereocenters. The van der Waals surface area contributed by atoms with E-state index < -0.39 is 0 Å². The van der Waals surface area contributed by atoms with Crippen LogP contribution >= 0.6 is 0 Å². The second-order valence-corrected chi connectivity index (χ2v) is 6.62. The third kappa shape index (κ3) is 2.74. The number of aliphatic hydroxyl groups excluding tert-OH is 1. The molecule has 1 saturated carbocycles. The molecule has 2 aliphatic rings. The molecule has 0 spiro atoms. The molecule has 0 amide bonds. The monoisotopic (exact) mass is 278 g/mol. The molecule has 5 nitrogen and oxygen atoms in total. The first-order valence-corrected chi connectivity index (χ1v) is 7.99. The van der Waals surface area contributed by atoms with Crippen molar-refractivity contribution < 1.29 is 5.11 Å². The van der Waals surface area contributed by atoms with Crippen molar-refractivity contribution in [2.24, 2.45) is 5.92 Å². The Kier molecular flexibility index (Phi) is 4.08. The smallest absolute Gasteiger partial charge is 0.147 e. The summed E-state index contributed by atoms with van der Waals surface area (Å²) in [5, 5.41) is 22.0. The maximum absolute atomic E-state index is 9.79. The lowest BCUT2D eigenvalue weighted by molar-refractivity contribution is 0.103. The van der Waals surface area contributed by atoms with Crippen LogP contribution in [0.15, 0.2) is 0 Å². The molecule has 0 atom stereocenters. The lowest BCUT2D eigenvalue weighted by Gasteiger charge is -2.39. The Morgan fingerprint density at radius 1 is 1.30 bits per heavy atom. The molecular weight excluding hydrogens is 252 g/mol. The van der Waals surface area contributed by atoms with Gasteiger partial charge in [0.1, 0.15) is 11.6 Å². The quantitative estimate of drug-likeness (QED) is 0.879. The molecule has 1 aromatic rings. The summed E-state index contributed by atoms with van der Waals surface area (Å²) in [6.07, 6.45) is 8.02. The number of aryl methyl sites for hydroxylation is 1. The number of hydrogen-bond acceptors (Lipinski definition) is 4. The van der Waals surface area contributed by atoms with E-state index in [4.69, 9.17) is 0 Å². The van der Waals surface area contributed by atoms with Gasteiger partial charge in [0.15, 0.2) is 0 Å². The van der Waals surface area contributed by atoms with Crippen molar-refractivity contribution in [3.05, 3.63) is 11.6 Å². The molecule has 1 aliphatic carbocycles. The first-order chi connectivity index (χ1) is 9.72. The maximum Gasteiger partial charge on any atom is 0.147 e. The van der Waals surface area contributed by atoms with Crippen LogP contribution in [0.25, 0.3) is 0 Å². The average Bonchev–Trinajstić information content (AvgIpc) is 2.91. The largest absolute Gasteiger partial charge is 0.394 e. The zero-order valence-corrected chi connectivity index (χ0v) is 12.4. The van der Waals surface area contributed by atoms with Crippen molar-refractivity contribution in [2.75, 3.05) is 6.61 Å². The van der Waals surface area contributed by atoms with E-state index >= 15 is 0 Å². The SMILES string of the molecule is CC1CCC(CO)(NCc2nnc3n2CCCC3)CC1. The van der Waals surface area contributed by atoms with Gasteiger partial charge in [0, 0.05) is 18.5 Å². The van der Waals surface area contributed by atoms with Crippen LogP contribution < -0.4 is 5.32 Å². The minimum absolute atomic E-state index is 0.104. The molecule has 112 valence electrons. The van der Waals surface area contributed by atoms with Crippen LogP contribution in [0.4, 0.5) is 0 Å². The molecule has 1 aliphatic heterocycles. The van der Waals surface area contributed by atoms with Crippen molar-refractivity contribution in [3.8, 4) is 0 Å². The van der Waals surface area contributed by atoms with Gasteiger partial charge in [-0.1, -0.05) is 6.92 Å². The normalized spacial score (nSPS) is 30.2. The highest BCUT2D eigenvalue weighted by atomic mass is 16.3. The summed E-state index contributed by atoms with van der Waals surface area (Å²) in [4.78, 5) is 0. The van der Waals surface area contributed by atoms with Crippen LogP contribution in [0.3, 0.4) is 0 Å². The Morgan fingerprint density at radius 2 is 2.10 bits per heavy atom. The van der Waals surface area contributed by atoms with Crippen molar-refractivity contribution in [2.45, 2.75) is 70.5 Å². The van der Waals surface area contributed by atoms with Gasteiger partial charge in [0.2, 0.25) is 0 Å². The van der Waals surface area contributed by atoms with E-state index in [1.165, 1.54) is 25.7 Å². The fourth-order valence-electron chi connectivity index (χ4n) is 3.47. The molecular formula is C15H26N4O. The number of nitrogens with zero attached hydrogens (tertiary/aromatic N) is 3. The number of fused-ring (bicyclic) bond motifs is 1. The van der Waals surface area contributed by atoms with Gasteiger partial charge in [-0.2, -0.15) is 0 Å². The van der Waals surface area contributed by atoms with Crippen molar-refractivity contribution >= 4 is 0 Å². The van der Waals surface area contributed by atoms with Crippen LogP contribution in [0, 0.1) is 5.92 Å². The highest BCUT2D eigenvalue weighted by Gasteiger charge is 2.33. The van der Waals surface area contributed by atoms with Crippen LogP contribution in [0.1, 0.15) is 57.1 Å². The summed E-state index contributed by atoms with van der Waals surface area (Å²) in [6, 6.07) is 0. The average molecular weight is 278 g/mol. The van der Waals surface area contributed by atoms with Crippen molar-refractivity contribution in [3.63, 3.8) is 0 Å². The fourth-order valence-corrected chi connectivity index (χ4v) is 3.47.